The van der Waals surface area contributed by atoms with Gasteiger partial charge >= 0.3 is 0 Å². The Morgan fingerprint density at radius 2 is 1.48 bits per heavy atom. The highest BCUT2D eigenvalue weighted by molar-refractivity contribution is 6.48. The quantitative estimate of drug-likeness (QED) is 0.445. The number of imide groups is 1. The number of rotatable bonds is 4. The summed E-state index contributed by atoms with van der Waals surface area (Å²) in [6.45, 7) is 10.5. The first-order chi connectivity index (χ1) is 15.6. The van der Waals surface area contributed by atoms with Crippen LogP contribution < -0.4 is 10.2 Å². The van der Waals surface area contributed by atoms with Gasteiger partial charge in [-0.25, -0.2) is 4.90 Å². The number of amides is 2. The van der Waals surface area contributed by atoms with E-state index < -0.39 is 11.8 Å². The van der Waals surface area contributed by atoms with Gasteiger partial charge < -0.3 is 5.32 Å². The van der Waals surface area contributed by atoms with Gasteiger partial charge in [-0.3, -0.25) is 9.59 Å². The van der Waals surface area contributed by atoms with E-state index in [2.05, 4.69) is 26.1 Å². The molecule has 4 rings (SSSR count). The predicted octanol–water partition coefficient (Wildman–Crippen LogP) is 6.65. The van der Waals surface area contributed by atoms with E-state index in [9.17, 15) is 9.59 Å². The third-order valence-corrected chi connectivity index (χ3v) is 6.31. The van der Waals surface area contributed by atoms with Gasteiger partial charge in [0.05, 0.1) is 16.3 Å². The summed E-state index contributed by atoms with van der Waals surface area (Å²) in [5.41, 5.74) is 5.74. The van der Waals surface area contributed by atoms with Crippen LogP contribution in [0.1, 0.15) is 43.0 Å². The monoisotopic (exact) mass is 458 g/mol. The number of carbonyl (C=O) groups excluding carboxylic acids is 2. The lowest BCUT2D eigenvalue weighted by Gasteiger charge is -2.19. The minimum Gasteiger partial charge on any atom is -0.350 e. The molecule has 2 amide bonds. The molecule has 3 aromatic rings. The Hall–Kier alpha value is -3.37. The fourth-order valence-electron chi connectivity index (χ4n) is 3.86. The maximum absolute atomic E-state index is 13.6. The SMILES string of the molecule is Cc1ccc(C2=C(Nc3ccc(C(C)(C)C)cc3)C(=O)N(c3ccccc3Cl)C2=O)cc1C. The van der Waals surface area contributed by atoms with Crippen molar-refractivity contribution >= 4 is 40.4 Å². The molecule has 0 aromatic heterocycles. The topological polar surface area (TPSA) is 49.4 Å². The molecule has 0 spiro atoms. The first kappa shape index (κ1) is 22.8. The molecule has 0 atom stereocenters. The van der Waals surface area contributed by atoms with Gasteiger partial charge in [0.1, 0.15) is 5.70 Å². The van der Waals surface area contributed by atoms with E-state index in [1.807, 2.05) is 56.3 Å². The van der Waals surface area contributed by atoms with E-state index in [0.717, 1.165) is 21.7 Å². The molecule has 168 valence electrons. The van der Waals surface area contributed by atoms with Crippen LogP contribution in [0.25, 0.3) is 5.57 Å². The van der Waals surface area contributed by atoms with Gasteiger partial charge in [-0.05, 0) is 65.8 Å². The number of nitrogens with zero attached hydrogens (tertiary/aromatic N) is 1. The molecular formula is C28H27ClN2O2. The molecule has 0 aliphatic carbocycles. The molecule has 1 heterocycles. The van der Waals surface area contributed by atoms with Gasteiger partial charge in [0.25, 0.3) is 11.8 Å². The van der Waals surface area contributed by atoms with Crippen molar-refractivity contribution in [3.63, 3.8) is 0 Å². The highest BCUT2D eigenvalue weighted by Crippen LogP contribution is 2.37. The molecule has 0 bridgehead atoms. The number of halogens is 1. The zero-order valence-electron chi connectivity index (χ0n) is 19.5. The van der Waals surface area contributed by atoms with Crippen molar-refractivity contribution in [2.24, 2.45) is 0 Å². The summed E-state index contributed by atoms with van der Waals surface area (Å²) in [5.74, 6) is -0.827. The number of para-hydroxylation sites is 1. The Morgan fingerprint density at radius 1 is 0.818 bits per heavy atom. The van der Waals surface area contributed by atoms with Crippen LogP contribution in [0, 0.1) is 13.8 Å². The maximum atomic E-state index is 13.6. The zero-order chi connectivity index (χ0) is 23.9. The lowest BCUT2D eigenvalue weighted by Crippen LogP contribution is -2.32. The van der Waals surface area contributed by atoms with E-state index in [0.29, 0.717) is 21.8 Å². The van der Waals surface area contributed by atoms with Crippen molar-refractivity contribution in [2.75, 3.05) is 10.2 Å². The molecule has 33 heavy (non-hydrogen) atoms. The number of hydrogen-bond donors (Lipinski definition) is 1. The van der Waals surface area contributed by atoms with Crippen LogP contribution in [-0.2, 0) is 15.0 Å². The molecule has 0 saturated carbocycles. The van der Waals surface area contributed by atoms with E-state index in [1.165, 1.54) is 5.56 Å². The lowest BCUT2D eigenvalue weighted by molar-refractivity contribution is -0.120. The third kappa shape index (κ3) is 4.31. The molecule has 1 aliphatic rings. The molecule has 3 aromatic carbocycles. The van der Waals surface area contributed by atoms with Gasteiger partial charge in [-0.15, -0.1) is 0 Å². The smallest absolute Gasteiger partial charge is 0.282 e. The standard InChI is InChI=1S/C28H27ClN2O2/c1-17-10-11-19(16-18(17)2)24-25(30-21-14-12-20(13-15-21)28(3,4)5)27(33)31(26(24)32)23-9-7-6-8-22(23)29/h6-16,30H,1-5H3. The fourth-order valence-corrected chi connectivity index (χ4v) is 4.08. The number of aryl methyl sites for hydroxylation is 2. The lowest BCUT2D eigenvalue weighted by atomic mass is 9.87. The summed E-state index contributed by atoms with van der Waals surface area (Å²) in [4.78, 5) is 28.3. The van der Waals surface area contributed by atoms with Crippen LogP contribution in [0.15, 0.2) is 72.4 Å². The van der Waals surface area contributed by atoms with Crippen LogP contribution in [0.2, 0.25) is 5.02 Å². The number of carbonyl (C=O) groups is 2. The predicted molar refractivity (Wildman–Crippen MR) is 136 cm³/mol. The van der Waals surface area contributed by atoms with Crippen molar-refractivity contribution < 1.29 is 9.59 Å². The second-order valence-electron chi connectivity index (χ2n) is 9.40. The molecule has 4 nitrogen and oxygen atoms in total. The first-order valence-electron chi connectivity index (χ1n) is 10.9. The van der Waals surface area contributed by atoms with Crippen molar-refractivity contribution in [3.05, 3.63) is 99.7 Å². The average Bonchev–Trinajstić information content (AvgIpc) is 3.00. The summed E-state index contributed by atoms with van der Waals surface area (Å²) >= 11 is 6.36. The van der Waals surface area contributed by atoms with E-state index >= 15 is 0 Å². The van der Waals surface area contributed by atoms with Gasteiger partial charge in [0.2, 0.25) is 0 Å². The largest absolute Gasteiger partial charge is 0.350 e. The third-order valence-electron chi connectivity index (χ3n) is 5.99. The number of nitrogens with one attached hydrogen (secondary N) is 1. The van der Waals surface area contributed by atoms with Crippen molar-refractivity contribution in [3.8, 4) is 0 Å². The molecule has 5 heteroatoms. The summed E-state index contributed by atoms with van der Waals surface area (Å²) in [5, 5.41) is 3.57. The second-order valence-corrected chi connectivity index (χ2v) is 9.81. The van der Waals surface area contributed by atoms with Crippen molar-refractivity contribution in [1.29, 1.82) is 0 Å². The first-order valence-corrected chi connectivity index (χ1v) is 11.3. The fraction of sp³-hybridized carbons (Fsp3) is 0.214. The molecule has 0 saturated heterocycles. The van der Waals surface area contributed by atoms with Crippen LogP contribution in [0.3, 0.4) is 0 Å². The van der Waals surface area contributed by atoms with Crippen molar-refractivity contribution in [1.82, 2.24) is 0 Å². The Kier molecular flexibility index (Phi) is 5.89. The zero-order valence-corrected chi connectivity index (χ0v) is 20.2. The van der Waals surface area contributed by atoms with Crippen LogP contribution in [0.4, 0.5) is 11.4 Å². The summed E-state index contributed by atoms with van der Waals surface area (Å²) in [6.07, 6.45) is 0. The minimum atomic E-state index is -0.429. The van der Waals surface area contributed by atoms with Gasteiger partial charge in [-0.1, -0.05) is 74.8 Å². The molecule has 0 unspecified atom stereocenters. The van der Waals surface area contributed by atoms with Crippen LogP contribution in [0.5, 0.6) is 0 Å². The molecular weight excluding hydrogens is 432 g/mol. The Bertz CT molecular complexity index is 1280. The summed E-state index contributed by atoms with van der Waals surface area (Å²) in [7, 11) is 0. The van der Waals surface area contributed by atoms with E-state index in [1.54, 1.807) is 24.3 Å². The number of benzene rings is 3. The van der Waals surface area contributed by atoms with Gasteiger partial charge in [0, 0.05) is 5.69 Å². The minimum absolute atomic E-state index is 0.0163. The van der Waals surface area contributed by atoms with Crippen LogP contribution in [-0.4, -0.2) is 11.8 Å². The Balaban J connectivity index is 1.82. The molecule has 1 N–H and O–H groups in total. The van der Waals surface area contributed by atoms with E-state index in [-0.39, 0.29) is 11.1 Å². The molecule has 1 aliphatic heterocycles. The molecule has 0 radical (unpaired) electrons. The number of hydrogen-bond acceptors (Lipinski definition) is 3. The Labute approximate surface area is 199 Å². The van der Waals surface area contributed by atoms with Crippen LogP contribution >= 0.6 is 11.6 Å². The average molecular weight is 459 g/mol. The molecule has 0 fully saturated rings. The highest BCUT2D eigenvalue weighted by Gasteiger charge is 2.41. The maximum Gasteiger partial charge on any atom is 0.282 e. The summed E-state index contributed by atoms with van der Waals surface area (Å²) < 4.78 is 0. The van der Waals surface area contributed by atoms with Crippen molar-refractivity contribution in [2.45, 2.75) is 40.0 Å². The van der Waals surface area contributed by atoms with Gasteiger partial charge in [-0.2, -0.15) is 0 Å². The second kappa shape index (κ2) is 8.53. The number of anilines is 2. The highest BCUT2D eigenvalue weighted by atomic mass is 35.5. The summed E-state index contributed by atoms with van der Waals surface area (Å²) in [6, 6.07) is 20.6. The van der Waals surface area contributed by atoms with E-state index in [4.69, 9.17) is 11.6 Å². The Morgan fingerprint density at radius 3 is 2.09 bits per heavy atom. The van der Waals surface area contributed by atoms with Gasteiger partial charge in [0.15, 0.2) is 0 Å². The normalized spacial score (nSPS) is 14.3.